The smallest absolute Gasteiger partial charge is 0.301 e. The standard InChI is InChI=1S/C33H23F2N3O4S2/c1-19-10-13-22(17-26(19)35)29(39)27-28(21-6-5-9-25(16-21)42-24-7-3-2-4-8-24)38(31(41)30(27)40)32-36-37-33(44-32)43-18-20-11-14-23(34)15-12-20/h2-17,28,39H,18H2,1H3/t28-/m0/s1. The second-order valence-electron chi connectivity index (χ2n) is 9.89. The number of hydrogen-bond donors (Lipinski definition) is 1. The highest BCUT2D eigenvalue weighted by Crippen LogP contribution is 2.45. The first kappa shape index (κ1) is 29.2. The van der Waals surface area contributed by atoms with E-state index in [0.29, 0.717) is 32.7 Å². The molecule has 1 fully saturated rings. The van der Waals surface area contributed by atoms with Crippen molar-refractivity contribution in [3.63, 3.8) is 0 Å². The van der Waals surface area contributed by atoms with Crippen molar-refractivity contribution < 1.29 is 28.2 Å². The number of aliphatic hydroxyl groups excluding tert-OH is 1. The Bertz CT molecular complexity index is 1900. The fraction of sp³-hybridized carbons (Fsp3) is 0.0909. The van der Waals surface area contributed by atoms with Crippen molar-refractivity contribution in [2.45, 2.75) is 23.1 Å². The maximum Gasteiger partial charge on any atom is 0.301 e. The Kier molecular flexibility index (Phi) is 8.23. The molecule has 1 N–H and O–H groups in total. The number of rotatable bonds is 8. The average molecular weight is 628 g/mol. The molecule has 4 aromatic carbocycles. The van der Waals surface area contributed by atoms with Crippen LogP contribution in [0.2, 0.25) is 0 Å². The SMILES string of the molecule is Cc1ccc(C(O)=C2C(=O)C(=O)N(c3nnc(SCc4ccc(F)cc4)s3)[C@H]2c2cccc(Oc3ccccc3)c2)cc1F. The van der Waals surface area contributed by atoms with Gasteiger partial charge < -0.3 is 9.84 Å². The third kappa shape index (κ3) is 5.97. The Labute approximate surface area is 259 Å². The topological polar surface area (TPSA) is 92.6 Å². The first-order valence-electron chi connectivity index (χ1n) is 13.4. The van der Waals surface area contributed by atoms with Crippen molar-refractivity contribution in [3.05, 3.63) is 137 Å². The monoisotopic (exact) mass is 627 g/mol. The Morgan fingerprint density at radius 2 is 1.68 bits per heavy atom. The van der Waals surface area contributed by atoms with Crippen LogP contribution >= 0.6 is 23.1 Å². The van der Waals surface area contributed by atoms with Gasteiger partial charge in [-0.3, -0.25) is 14.5 Å². The van der Waals surface area contributed by atoms with Crippen molar-refractivity contribution in [2.75, 3.05) is 4.90 Å². The molecule has 1 aliphatic rings. The first-order chi connectivity index (χ1) is 21.3. The van der Waals surface area contributed by atoms with Crippen LogP contribution in [0.5, 0.6) is 11.5 Å². The molecule has 0 radical (unpaired) electrons. The van der Waals surface area contributed by atoms with Gasteiger partial charge in [0, 0.05) is 11.3 Å². The lowest BCUT2D eigenvalue weighted by Gasteiger charge is -2.23. The van der Waals surface area contributed by atoms with Gasteiger partial charge in [0.1, 0.15) is 28.9 Å². The summed E-state index contributed by atoms with van der Waals surface area (Å²) in [5, 5.41) is 19.9. The third-order valence-electron chi connectivity index (χ3n) is 6.92. The van der Waals surface area contributed by atoms with Crippen molar-refractivity contribution in [2.24, 2.45) is 0 Å². The normalized spacial score (nSPS) is 16.0. The van der Waals surface area contributed by atoms with Crippen LogP contribution in [0.1, 0.15) is 28.3 Å². The van der Waals surface area contributed by atoms with Gasteiger partial charge in [-0.1, -0.05) is 77.7 Å². The molecule has 11 heteroatoms. The van der Waals surface area contributed by atoms with Crippen molar-refractivity contribution in [1.29, 1.82) is 0 Å². The summed E-state index contributed by atoms with van der Waals surface area (Å²) < 4.78 is 34.3. The molecular weight excluding hydrogens is 605 g/mol. The number of hydrogen-bond acceptors (Lipinski definition) is 8. The summed E-state index contributed by atoms with van der Waals surface area (Å²) in [4.78, 5) is 28.3. The number of para-hydroxylation sites is 1. The third-order valence-corrected chi connectivity index (χ3v) is 9.05. The molecule has 7 nitrogen and oxygen atoms in total. The molecule has 6 rings (SSSR count). The average Bonchev–Trinajstić information content (AvgIpc) is 3.60. The number of carbonyl (C=O) groups is 2. The molecule has 1 atom stereocenters. The van der Waals surface area contributed by atoms with E-state index in [1.807, 2.05) is 18.2 Å². The molecular formula is C33H23F2N3O4S2. The van der Waals surface area contributed by atoms with E-state index in [1.54, 1.807) is 55.5 Å². The predicted molar refractivity (Wildman–Crippen MR) is 165 cm³/mol. The molecule has 1 aliphatic heterocycles. The second kappa shape index (κ2) is 12.4. The van der Waals surface area contributed by atoms with Crippen LogP contribution in [0.25, 0.3) is 5.76 Å². The number of aromatic nitrogens is 2. The van der Waals surface area contributed by atoms with Gasteiger partial charge >= 0.3 is 5.91 Å². The molecule has 0 spiro atoms. The molecule has 220 valence electrons. The minimum atomic E-state index is -1.11. The summed E-state index contributed by atoms with van der Waals surface area (Å²) in [5.74, 6) is -1.77. The van der Waals surface area contributed by atoms with Crippen molar-refractivity contribution >= 4 is 45.7 Å². The fourth-order valence-electron chi connectivity index (χ4n) is 4.70. The summed E-state index contributed by atoms with van der Waals surface area (Å²) in [7, 11) is 0. The number of aliphatic hydroxyl groups is 1. The van der Waals surface area contributed by atoms with Gasteiger partial charge in [-0.15, -0.1) is 10.2 Å². The largest absolute Gasteiger partial charge is 0.507 e. The van der Waals surface area contributed by atoms with E-state index in [-0.39, 0.29) is 22.1 Å². The highest BCUT2D eigenvalue weighted by Gasteiger charge is 2.48. The lowest BCUT2D eigenvalue weighted by molar-refractivity contribution is -0.132. The van der Waals surface area contributed by atoms with E-state index < -0.39 is 29.3 Å². The lowest BCUT2D eigenvalue weighted by Crippen LogP contribution is -2.29. The number of ether oxygens (including phenoxy) is 1. The number of benzene rings is 4. The molecule has 0 unspecified atom stereocenters. The summed E-state index contributed by atoms with van der Waals surface area (Å²) in [5.41, 5.74) is 1.53. The predicted octanol–water partition coefficient (Wildman–Crippen LogP) is 7.84. The van der Waals surface area contributed by atoms with E-state index in [0.717, 1.165) is 23.0 Å². The van der Waals surface area contributed by atoms with E-state index >= 15 is 0 Å². The van der Waals surface area contributed by atoms with Gasteiger partial charge in [-0.05, 0) is 66.1 Å². The summed E-state index contributed by atoms with van der Waals surface area (Å²) in [6, 6.07) is 25.0. The van der Waals surface area contributed by atoms with Crippen molar-refractivity contribution in [1.82, 2.24) is 10.2 Å². The van der Waals surface area contributed by atoms with Gasteiger partial charge in [0.05, 0.1) is 11.6 Å². The number of ketones is 1. The number of nitrogens with zero attached hydrogens (tertiary/aromatic N) is 3. The van der Waals surface area contributed by atoms with Gasteiger partial charge in [-0.2, -0.15) is 0 Å². The van der Waals surface area contributed by atoms with Gasteiger partial charge in [-0.25, -0.2) is 8.78 Å². The van der Waals surface area contributed by atoms with E-state index in [4.69, 9.17) is 4.74 Å². The molecule has 0 bridgehead atoms. The number of aryl methyl sites for hydroxylation is 1. The molecule has 0 aliphatic carbocycles. The minimum Gasteiger partial charge on any atom is -0.507 e. The molecule has 2 heterocycles. The Hall–Kier alpha value is -4.87. The van der Waals surface area contributed by atoms with Crippen LogP contribution in [0, 0.1) is 18.6 Å². The summed E-state index contributed by atoms with van der Waals surface area (Å²) in [6.07, 6.45) is 0. The zero-order valence-corrected chi connectivity index (χ0v) is 24.7. The highest BCUT2D eigenvalue weighted by molar-refractivity contribution is 8.00. The van der Waals surface area contributed by atoms with Crippen LogP contribution < -0.4 is 9.64 Å². The molecule has 1 amide bonds. The maximum absolute atomic E-state index is 14.5. The number of anilines is 1. The molecule has 0 saturated carbocycles. The van der Waals surface area contributed by atoms with Gasteiger partial charge in [0.25, 0.3) is 5.78 Å². The van der Waals surface area contributed by atoms with Crippen molar-refractivity contribution in [3.8, 4) is 11.5 Å². The van der Waals surface area contributed by atoms with Gasteiger partial charge in [0.15, 0.2) is 4.34 Å². The lowest BCUT2D eigenvalue weighted by atomic mass is 9.95. The minimum absolute atomic E-state index is 0.0561. The quantitative estimate of drug-likeness (QED) is 0.0616. The Morgan fingerprint density at radius 1 is 0.932 bits per heavy atom. The number of amides is 1. The van der Waals surface area contributed by atoms with Crippen LogP contribution in [-0.2, 0) is 15.3 Å². The summed E-state index contributed by atoms with van der Waals surface area (Å²) in [6.45, 7) is 1.58. The van der Waals surface area contributed by atoms with Crippen LogP contribution in [0.15, 0.2) is 107 Å². The van der Waals surface area contributed by atoms with E-state index in [2.05, 4.69) is 10.2 Å². The van der Waals surface area contributed by atoms with Crippen LogP contribution in [-0.4, -0.2) is 27.0 Å². The number of Topliss-reactive ketones (excluding diaryl/α,β-unsaturated/α-hetero) is 1. The van der Waals surface area contributed by atoms with E-state index in [9.17, 15) is 23.5 Å². The zero-order valence-electron chi connectivity index (χ0n) is 23.1. The molecule has 44 heavy (non-hydrogen) atoms. The number of carbonyl (C=O) groups excluding carboxylic acids is 2. The molecule has 1 aromatic heterocycles. The van der Waals surface area contributed by atoms with E-state index in [1.165, 1.54) is 40.9 Å². The fourth-order valence-corrected chi connectivity index (χ4v) is 6.52. The molecule has 5 aromatic rings. The number of halogens is 2. The first-order valence-corrected chi connectivity index (χ1v) is 15.2. The Balaban J connectivity index is 1.40. The maximum atomic E-state index is 14.5. The van der Waals surface area contributed by atoms with Crippen LogP contribution in [0.3, 0.4) is 0 Å². The number of thioether (sulfide) groups is 1. The highest BCUT2D eigenvalue weighted by atomic mass is 32.2. The molecule has 1 saturated heterocycles. The van der Waals surface area contributed by atoms with Gasteiger partial charge in [0.2, 0.25) is 5.13 Å². The summed E-state index contributed by atoms with van der Waals surface area (Å²) >= 11 is 2.45. The Morgan fingerprint density at radius 3 is 2.43 bits per heavy atom. The second-order valence-corrected chi connectivity index (χ2v) is 12.1. The zero-order chi connectivity index (χ0) is 30.8. The van der Waals surface area contributed by atoms with Crippen LogP contribution in [0.4, 0.5) is 13.9 Å².